The molecule has 2 atom stereocenters. The monoisotopic (exact) mass is 790 g/mol. The molecule has 0 bridgehead atoms. The second kappa shape index (κ2) is 38.5. The number of phosphoric acid groups is 1. The first-order valence-corrected chi connectivity index (χ1v) is 22.8. The van der Waals surface area contributed by atoms with E-state index in [0.717, 1.165) is 89.9 Å². The summed E-state index contributed by atoms with van der Waals surface area (Å²) in [5.41, 5.74) is 0. The van der Waals surface area contributed by atoms with E-state index < -0.39 is 13.9 Å². The number of carbonyl (C=O) groups is 1. The van der Waals surface area contributed by atoms with Crippen LogP contribution in [0.1, 0.15) is 142 Å². The number of allylic oxidation sites excluding steroid dienone is 14. The molecule has 0 radical (unpaired) electrons. The first-order chi connectivity index (χ1) is 26.6. The molecule has 0 aliphatic rings. The quantitative estimate of drug-likeness (QED) is 0.0202. The predicted molar refractivity (Wildman–Crippen MR) is 231 cm³/mol. The van der Waals surface area contributed by atoms with Crippen molar-refractivity contribution in [3.63, 3.8) is 0 Å². The van der Waals surface area contributed by atoms with Crippen LogP contribution in [0.4, 0.5) is 0 Å². The Morgan fingerprint density at radius 1 is 0.582 bits per heavy atom. The molecular weight excluding hydrogens is 709 g/mol. The third kappa shape index (κ3) is 42.7. The van der Waals surface area contributed by atoms with Crippen LogP contribution in [-0.2, 0) is 27.9 Å². The Bertz CT molecular complexity index is 1150. The van der Waals surface area contributed by atoms with Gasteiger partial charge in [0.1, 0.15) is 19.3 Å². The fourth-order valence-electron chi connectivity index (χ4n) is 5.14. The highest BCUT2D eigenvalue weighted by Crippen LogP contribution is 2.38. The number of quaternary nitrogens is 1. The van der Waals surface area contributed by atoms with E-state index in [-0.39, 0.29) is 32.2 Å². The molecule has 0 rings (SSSR count). The molecule has 0 fully saturated rings. The first kappa shape index (κ1) is 52.7. The minimum Gasteiger partial charge on any atom is -0.756 e. The molecule has 0 aromatic rings. The zero-order chi connectivity index (χ0) is 40.6. The van der Waals surface area contributed by atoms with Crippen LogP contribution in [0.15, 0.2) is 85.1 Å². The fraction of sp³-hybridized carbons (Fsp3) is 0.674. The molecule has 55 heavy (non-hydrogen) atoms. The summed E-state index contributed by atoms with van der Waals surface area (Å²) in [4.78, 5) is 25.0. The van der Waals surface area contributed by atoms with Gasteiger partial charge in [-0.1, -0.05) is 137 Å². The van der Waals surface area contributed by atoms with Crippen LogP contribution in [0.3, 0.4) is 0 Å². The lowest BCUT2D eigenvalue weighted by atomic mass is 10.1. The van der Waals surface area contributed by atoms with E-state index >= 15 is 0 Å². The predicted octanol–water partition coefficient (Wildman–Crippen LogP) is 11.9. The van der Waals surface area contributed by atoms with Crippen LogP contribution in [0.5, 0.6) is 0 Å². The summed E-state index contributed by atoms with van der Waals surface area (Å²) < 4.78 is 34.5. The molecule has 0 aliphatic carbocycles. The van der Waals surface area contributed by atoms with Gasteiger partial charge >= 0.3 is 5.97 Å². The largest absolute Gasteiger partial charge is 0.756 e. The number of rotatable bonds is 38. The van der Waals surface area contributed by atoms with Gasteiger partial charge in [0.25, 0.3) is 7.82 Å². The van der Waals surface area contributed by atoms with Crippen molar-refractivity contribution in [1.29, 1.82) is 0 Å². The molecule has 316 valence electrons. The summed E-state index contributed by atoms with van der Waals surface area (Å²) in [7, 11) is 1.31. The number of hydrogen-bond acceptors (Lipinski definition) is 7. The van der Waals surface area contributed by atoms with Crippen LogP contribution < -0.4 is 4.89 Å². The van der Waals surface area contributed by atoms with Gasteiger partial charge in [0, 0.05) is 13.0 Å². The van der Waals surface area contributed by atoms with Crippen LogP contribution in [0.2, 0.25) is 0 Å². The summed E-state index contributed by atoms with van der Waals surface area (Å²) in [6.45, 7) is 5.13. The van der Waals surface area contributed by atoms with Gasteiger partial charge in [0.2, 0.25) is 0 Å². The normalized spacial score (nSPS) is 14.7. The highest BCUT2D eigenvalue weighted by Gasteiger charge is 2.20. The lowest BCUT2D eigenvalue weighted by Crippen LogP contribution is -2.37. The lowest BCUT2D eigenvalue weighted by molar-refractivity contribution is -0.870. The summed E-state index contributed by atoms with van der Waals surface area (Å²) in [6, 6.07) is 0. The van der Waals surface area contributed by atoms with E-state index in [1.807, 2.05) is 21.1 Å². The van der Waals surface area contributed by atoms with Gasteiger partial charge in [-0.05, 0) is 83.5 Å². The zero-order valence-electron chi connectivity index (χ0n) is 35.6. The third-order valence-electron chi connectivity index (χ3n) is 8.41. The van der Waals surface area contributed by atoms with Gasteiger partial charge in [-0.3, -0.25) is 9.36 Å². The van der Waals surface area contributed by atoms with Crippen molar-refractivity contribution in [2.75, 3.05) is 54.1 Å². The minimum absolute atomic E-state index is 0.0122. The Morgan fingerprint density at radius 3 is 1.58 bits per heavy atom. The molecule has 9 heteroatoms. The number of ether oxygens (including phenoxy) is 2. The second-order valence-electron chi connectivity index (χ2n) is 15.0. The van der Waals surface area contributed by atoms with E-state index in [2.05, 4.69) is 98.9 Å². The standard InChI is InChI=1S/C46H80NO7P/c1-6-8-10-12-14-16-18-20-22-23-24-25-26-27-29-31-33-35-37-39-46(48)54-45(44-53-55(49,50)52-42-40-47(3,4)5)43-51-41-38-36-34-32-30-28-21-19-17-15-13-11-9-7-2/h8,10-11,13-14,16-17,19-20,22,24-25,27,29,45H,6-7,9,12,15,18,21,23,26,28,30-44H2,1-5H3/b10-8-,13-11-,16-14-,19-17-,22-20-,25-24-,29-27-. The molecule has 0 saturated carbocycles. The molecule has 0 spiro atoms. The lowest BCUT2D eigenvalue weighted by Gasteiger charge is -2.28. The number of phosphoric ester groups is 1. The van der Waals surface area contributed by atoms with E-state index in [1.54, 1.807) is 0 Å². The van der Waals surface area contributed by atoms with Gasteiger partial charge in [-0.2, -0.15) is 0 Å². The van der Waals surface area contributed by atoms with Gasteiger partial charge in [0.05, 0.1) is 34.4 Å². The molecule has 0 aliphatic heterocycles. The molecule has 0 N–H and O–H groups in total. The maximum absolute atomic E-state index is 12.7. The molecule has 0 saturated heterocycles. The molecule has 0 amide bonds. The molecule has 8 nitrogen and oxygen atoms in total. The summed E-state index contributed by atoms with van der Waals surface area (Å²) >= 11 is 0. The summed E-state index contributed by atoms with van der Waals surface area (Å²) in [6.07, 6.45) is 50.2. The average molecular weight is 790 g/mol. The van der Waals surface area contributed by atoms with Crippen molar-refractivity contribution >= 4 is 13.8 Å². The fourth-order valence-corrected chi connectivity index (χ4v) is 5.87. The van der Waals surface area contributed by atoms with Crippen LogP contribution >= 0.6 is 7.82 Å². The van der Waals surface area contributed by atoms with Crippen molar-refractivity contribution < 1.29 is 37.3 Å². The Labute approximate surface area is 337 Å². The van der Waals surface area contributed by atoms with Crippen LogP contribution in [0.25, 0.3) is 0 Å². The molecule has 0 aromatic carbocycles. The smallest absolute Gasteiger partial charge is 0.306 e. The summed E-state index contributed by atoms with van der Waals surface area (Å²) in [5, 5.41) is 0. The maximum atomic E-state index is 12.7. The molecular formula is C46H80NO7P. The minimum atomic E-state index is -4.54. The number of likely N-dealkylation sites (N-methyl/N-ethyl adjacent to an activating group) is 1. The highest BCUT2D eigenvalue weighted by molar-refractivity contribution is 7.45. The van der Waals surface area contributed by atoms with Gasteiger partial charge in [0.15, 0.2) is 0 Å². The van der Waals surface area contributed by atoms with Gasteiger partial charge < -0.3 is 27.9 Å². The Kier molecular flexibility index (Phi) is 36.9. The van der Waals surface area contributed by atoms with Crippen LogP contribution in [-0.4, -0.2) is 70.7 Å². The van der Waals surface area contributed by atoms with Crippen molar-refractivity contribution in [1.82, 2.24) is 0 Å². The second-order valence-corrected chi connectivity index (χ2v) is 16.4. The maximum Gasteiger partial charge on any atom is 0.306 e. The molecule has 0 heterocycles. The Hall–Kier alpha value is -2.32. The van der Waals surface area contributed by atoms with Gasteiger partial charge in [-0.25, -0.2) is 0 Å². The third-order valence-corrected chi connectivity index (χ3v) is 9.38. The zero-order valence-corrected chi connectivity index (χ0v) is 36.5. The van der Waals surface area contributed by atoms with Crippen molar-refractivity contribution in [3.05, 3.63) is 85.1 Å². The number of esters is 1. The number of nitrogens with zero attached hydrogens (tertiary/aromatic N) is 1. The highest BCUT2D eigenvalue weighted by atomic mass is 31.2. The van der Waals surface area contributed by atoms with Crippen molar-refractivity contribution in [2.45, 2.75) is 148 Å². The van der Waals surface area contributed by atoms with Crippen molar-refractivity contribution in [2.24, 2.45) is 0 Å². The first-order valence-electron chi connectivity index (χ1n) is 21.3. The number of hydrogen-bond donors (Lipinski definition) is 0. The van der Waals surface area contributed by atoms with E-state index in [1.165, 1.54) is 25.7 Å². The van der Waals surface area contributed by atoms with E-state index in [9.17, 15) is 14.3 Å². The Morgan fingerprint density at radius 2 is 1.05 bits per heavy atom. The Balaban J connectivity index is 4.36. The summed E-state index contributed by atoms with van der Waals surface area (Å²) in [5.74, 6) is -0.374. The van der Waals surface area contributed by atoms with E-state index in [4.69, 9.17) is 18.5 Å². The SMILES string of the molecule is CC/C=C\C/C=C\C/C=C\C/C=C\C/C=C\CCCCCC(=O)OC(COCCCCCCCC/C=C\C/C=C\CCC)COP(=O)([O-])OCC[N+](C)(C)C. The number of unbranched alkanes of at least 4 members (excludes halogenated alkanes) is 10. The molecule has 0 aromatic heterocycles. The van der Waals surface area contributed by atoms with Crippen LogP contribution in [0, 0.1) is 0 Å². The van der Waals surface area contributed by atoms with Crippen molar-refractivity contribution in [3.8, 4) is 0 Å². The van der Waals surface area contributed by atoms with Gasteiger partial charge in [-0.15, -0.1) is 0 Å². The average Bonchev–Trinajstić information content (AvgIpc) is 3.13. The van der Waals surface area contributed by atoms with E-state index in [0.29, 0.717) is 24.1 Å². The molecule has 2 unspecified atom stereocenters. The topological polar surface area (TPSA) is 94.1 Å². The number of carbonyl (C=O) groups excluding carboxylic acids is 1.